The van der Waals surface area contributed by atoms with E-state index in [0.717, 1.165) is 29.7 Å². The summed E-state index contributed by atoms with van der Waals surface area (Å²) in [6.07, 6.45) is 2.31. The van der Waals surface area contributed by atoms with E-state index >= 15 is 0 Å². The fourth-order valence-corrected chi connectivity index (χ4v) is 3.66. The van der Waals surface area contributed by atoms with Gasteiger partial charge in [0.2, 0.25) is 11.9 Å². The second-order valence-electron chi connectivity index (χ2n) is 7.26. The molecule has 0 atom stereocenters. The number of H-pyrrole nitrogens is 1. The number of aromatic nitrogens is 2. The highest BCUT2D eigenvalue weighted by Gasteiger charge is 2.17. The molecule has 2 aromatic rings. The number of aryl methyl sites for hydroxylation is 3. The first kappa shape index (κ1) is 21.0. The van der Waals surface area contributed by atoms with Crippen molar-refractivity contribution in [3.05, 3.63) is 50.9 Å². The van der Waals surface area contributed by atoms with Crippen molar-refractivity contribution in [2.24, 2.45) is 0 Å². The minimum Gasteiger partial charge on any atom is -0.378 e. The van der Waals surface area contributed by atoms with Gasteiger partial charge in [0.25, 0.3) is 5.56 Å². The number of benzene rings is 1. The summed E-state index contributed by atoms with van der Waals surface area (Å²) in [4.78, 5) is 34.6. The molecule has 7 heteroatoms. The van der Waals surface area contributed by atoms with Gasteiger partial charge in [-0.3, -0.25) is 14.6 Å². The highest BCUT2D eigenvalue weighted by molar-refractivity contribution is 5.92. The third-order valence-corrected chi connectivity index (χ3v) is 5.39. The van der Waals surface area contributed by atoms with Crippen molar-refractivity contribution in [2.45, 2.75) is 46.5 Å². The number of anilines is 2. The maximum Gasteiger partial charge on any atom is 0.255 e. The Morgan fingerprint density at radius 1 is 1.21 bits per heavy atom. The molecular weight excluding hydrogens is 368 g/mol. The van der Waals surface area contributed by atoms with Gasteiger partial charge >= 0.3 is 0 Å². The number of nitrogens with zero attached hydrogens (tertiary/aromatic N) is 2. The topological polar surface area (TPSA) is 87.3 Å². The number of hydrogen-bond donors (Lipinski definition) is 2. The normalized spacial score (nSPS) is 14.1. The Morgan fingerprint density at radius 3 is 2.45 bits per heavy atom. The molecule has 0 aliphatic carbocycles. The summed E-state index contributed by atoms with van der Waals surface area (Å²) in [6, 6.07) is 6.10. The molecule has 3 rings (SSSR count). The van der Waals surface area contributed by atoms with Crippen LogP contribution in [-0.2, 0) is 28.8 Å². The van der Waals surface area contributed by atoms with Crippen molar-refractivity contribution in [2.75, 3.05) is 36.5 Å². The summed E-state index contributed by atoms with van der Waals surface area (Å²) < 4.78 is 5.35. The fourth-order valence-electron chi connectivity index (χ4n) is 3.66. The van der Waals surface area contributed by atoms with Crippen LogP contribution in [0, 0.1) is 6.92 Å². The van der Waals surface area contributed by atoms with Crippen molar-refractivity contribution in [1.82, 2.24) is 9.97 Å². The van der Waals surface area contributed by atoms with Crippen LogP contribution >= 0.6 is 0 Å². The first-order valence-corrected chi connectivity index (χ1v) is 10.4. The maximum atomic E-state index is 12.6. The van der Waals surface area contributed by atoms with Gasteiger partial charge in [-0.2, -0.15) is 0 Å². The molecule has 1 saturated heterocycles. The van der Waals surface area contributed by atoms with Crippen LogP contribution in [0.4, 0.5) is 11.6 Å². The molecule has 0 bridgehead atoms. The lowest BCUT2D eigenvalue weighted by atomic mass is 10.0. The average Bonchev–Trinajstić information content (AvgIpc) is 2.73. The van der Waals surface area contributed by atoms with Crippen molar-refractivity contribution in [3.63, 3.8) is 0 Å². The van der Waals surface area contributed by atoms with E-state index < -0.39 is 0 Å². The zero-order valence-corrected chi connectivity index (χ0v) is 17.5. The monoisotopic (exact) mass is 398 g/mol. The average molecular weight is 399 g/mol. The lowest BCUT2D eigenvalue weighted by Gasteiger charge is -2.27. The van der Waals surface area contributed by atoms with Crippen molar-refractivity contribution in [3.8, 4) is 0 Å². The van der Waals surface area contributed by atoms with Crippen LogP contribution in [0.2, 0.25) is 0 Å². The van der Waals surface area contributed by atoms with Crippen LogP contribution < -0.4 is 15.8 Å². The lowest BCUT2D eigenvalue weighted by molar-refractivity contribution is -0.116. The van der Waals surface area contributed by atoms with E-state index in [0.29, 0.717) is 49.9 Å². The predicted molar refractivity (Wildman–Crippen MR) is 115 cm³/mol. The van der Waals surface area contributed by atoms with E-state index in [-0.39, 0.29) is 17.9 Å². The van der Waals surface area contributed by atoms with Gasteiger partial charge in [0.1, 0.15) is 0 Å². The van der Waals surface area contributed by atoms with Gasteiger partial charge < -0.3 is 15.0 Å². The quantitative estimate of drug-likeness (QED) is 0.749. The molecule has 1 aliphatic rings. The molecule has 1 aromatic heterocycles. The molecule has 2 N–H and O–H groups in total. The van der Waals surface area contributed by atoms with E-state index in [1.165, 1.54) is 0 Å². The van der Waals surface area contributed by atoms with Gasteiger partial charge in [-0.1, -0.05) is 32.0 Å². The number of carbonyl (C=O) groups excluding carboxylic acids is 1. The fraction of sp³-hybridized carbons (Fsp3) is 0.500. The largest absolute Gasteiger partial charge is 0.378 e. The summed E-state index contributed by atoms with van der Waals surface area (Å²) >= 11 is 0. The van der Waals surface area contributed by atoms with Crippen LogP contribution in [0.15, 0.2) is 23.0 Å². The minimum absolute atomic E-state index is 0.0864. The maximum absolute atomic E-state index is 12.6. The standard InChI is InChI=1S/C22H30N4O3/c1-4-16-7-6-8-17(5-2)20(16)24-19(27)10-9-18-15(3)23-22(25-21(18)28)26-11-13-29-14-12-26/h6-8H,4-5,9-14H2,1-3H3,(H,24,27)(H,23,25,28). The molecule has 1 aliphatic heterocycles. The molecule has 2 heterocycles. The zero-order valence-electron chi connectivity index (χ0n) is 17.5. The second kappa shape index (κ2) is 9.69. The van der Waals surface area contributed by atoms with Crippen LogP contribution in [0.1, 0.15) is 42.7 Å². The van der Waals surface area contributed by atoms with Gasteiger partial charge in [-0.05, 0) is 37.3 Å². The van der Waals surface area contributed by atoms with Crippen LogP contribution in [-0.4, -0.2) is 42.2 Å². The number of amides is 1. The van der Waals surface area contributed by atoms with Gasteiger partial charge in [-0.25, -0.2) is 4.98 Å². The van der Waals surface area contributed by atoms with Gasteiger partial charge in [0, 0.05) is 36.5 Å². The van der Waals surface area contributed by atoms with E-state index in [1.807, 2.05) is 30.0 Å². The molecular formula is C22H30N4O3. The van der Waals surface area contributed by atoms with Crippen LogP contribution in [0.3, 0.4) is 0 Å². The van der Waals surface area contributed by atoms with Crippen molar-refractivity contribution in [1.29, 1.82) is 0 Å². The molecule has 0 spiro atoms. The SMILES string of the molecule is CCc1cccc(CC)c1NC(=O)CCc1c(C)nc(N2CCOCC2)[nH]c1=O. The highest BCUT2D eigenvalue weighted by Crippen LogP contribution is 2.23. The van der Waals surface area contributed by atoms with Gasteiger partial charge in [0.15, 0.2) is 0 Å². The number of aromatic amines is 1. The summed E-state index contributed by atoms with van der Waals surface area (Å²) in [7, 11) is 0. The molecule has 0 radical (unpaired) electrons. The second-order valence-corrected chi connectivity index (χ2v) is 7.26. The Bertz CT molecular complexity index is 895. The first-order valence-electron chi connectivity index (χ1n) is 10.4. The van der Waals surface area contributed by atoms with Crippen LogP contribution in [0.25, 0.3) is 0 Å². The number of morpholine rings is 1. The minimum atomic E-state index is -0.171. The molecule has 29 heavy (non-hydrogen) atoms. The molecule has 1 fully saturated rings. The summed E-state index contributed by atoms with van der Waals surface area (Å²) in [6.45, 7) is 8.66. The highest BCUT2D eigenvalue weighted by atomic mass is 16.5. The molecule has 156 valence electrons. The molecule has 1 amide bonds. The Balaban J connectivity index is 1.68. The van der Waals surface area contributed by atoms with E-state index in [2.05, 4.69) is 29.1 Å². The predicted octanol–water partition coefficient (Wildman–Crippen LogP) is 2.61. The van der Waals surface area contributed by atoms with E-state index in [1.54, 1.807) is 0 Å². The summed E-state index contributed by atoms with van der Waals surface area (Å²) in [5.74, 6) is 0.491. The van der Waals surface area contributed by atoms with Crippen molar-refractivity contribution < 1.29 is 9.53 Å². The zero-order chi connectivity index (χ0) is 20.8. The van der Waals surface area contributed by atoms with E-state index in [9.17, 15) is 9.59 Å². The number of nitrogens with one attached hydrogen (secondary N) is 2. The van der Waals surface area contributed by atoms with Gasteiger partial charge in [-0.15, -0.1) is 0 Å². The molecule has 0 saturated carbocycles. The third kappa shape index (κ3) is 5.03. The number of rotatable bonds is 7. The molecule has 7 nitrogen and oxygen atoms in total. The Morgan fingerprint density at radius 2 is 1.86 bits per heavy atom. The summed E-state index contributed by atoms with van der Waals surface area (Å²) in [5, 5.41) is 3.06. The number of carbonyl (C=O) groups is 1. The first-order chi connectivity index (χ1) is 14.0. The molecule has 0 unspecified atom stereocenters. The smallest absolute Gasteiger partial charge is 0.255 e. The Kier molecular flexibility index (Phi) is 7.04. The number of hydrogen-bond acceptors (Lipinski definition) is 5. The lowest BCUT2D eigenvalue weighted by Crippen LogP contribution is -2.38. The van der Waals surface area contributed by atoms with Crippen molar-refractivity contribution >= 4 is 17.5 Å². The summed E-state index contributed by atoms with van der Waals surface area (Å²) in [5.41, 5.74) is 4.23. The number of ether oxygens (including phenoxy) is 1. The third-order valence-electron chi connectivity index (χ3n) is 5.39. The van der Waals surface area contributed by atoms with Gasteiger partial charge in [0.05, 0.1) is 13.2 Å². The molecule has 1 aromatic carbocycles. The Hall–Kier alpha value is -2.67. The Labute approximate surface area is 171 Å². The number of para-hydroxylation sites is 1. The van der Waals surface area contributed by atoms with Crippen LogP contribution in [0.5, 0.6) is 0 Å². The van der Waals surface area contributed by atoms with E-state index in [4.69, 9.17) is 4.74 Å².